The minimum atomic E-state index is -0.906. The van der Waals surface area contributed by atoms with Crippen molar-refractivity contribution < 1.29 is 19.4 Å². The van der Waals surface area contributed by atoms with Crippen LogP contribution >= 0.6 is 0 Å². The van der Waals surface area contributed by atoms with Crippen molar-refractivity contribution in [1.82, 2.24) is 4.98 Å². The standard InChI is InChI=1S/C24H23NO4/c1-28-22-5-3-2-4-19(22)17-8-9-20-16(11-13-29-23(20)14-17)6-7-18-15-25-12-10-21(18)24(26)27/h2-5,8-10,12,14-16H,6-7,11,13H2,1H3,(H,26,27). The van der Waals surface area contributed by atoms with Gasteiger partial charge >= 0.3 is 5.97 Å². The number of nitrogens with zero attached hydrogens (tertiary/aromatic N) is 1. The van der Waals surface area contributed by atoms with Gasteiger partial charge < -0.3 is 14.6 Å². The van der Waals surface area contributed by atoms with Gasteiger partial charge in [-0.25, -0.2) is 4.79 Å². The monoisotopic (exact) mass is 389 g/mol. The number of aromatic nitrogens is 1. The van der Waals surface area contributed by atoms with Gasteiger partial charge in [-0.15, -0.1) is 0 Å². The van der Waals surface area contributed by atoms with Crippen LogP contribution in [-0.4, -0.2) is 29.8 Å². The maximum atomic E-state index is 11.4. The van der Waals surface area contributed by atoms with Gasteiger partial charge in [-0.05, 0) is 60.1 Å². The number of para-hydroxylation sites is 1. The average molecular weight is 389 g/mol. The van der Waals surface area contributed by atoms with Crippen molar-refractivity contribution in [3.8, 4) is 22.6 Å². The van der Waals surface area contributed by atoms with Gasteiger partial charge in [-0.1, -0.05) is 30.3 Å². The SMILES string of the molecule is COc1ccccc1-c1ccc2c(c1)OCCC2CCc1cnccc1C(=O)O. The molecule has 1 atom stereocenters. The van der Waals surface area contributed by atoms with Crippen LogP contribution in [0.25, 0.3) is 11.1 Å². The molecular formula is C24H23NO4. The Kier molecular flexibility index (Phi) is 5.47. The van der Waals surface area contributed by atoms with E-state index in [-0.39, 0.29) is 0 Å². The van der Waals surface area contributed by atoms with E-state index in [1.165, 1.54) is 11.8 Å². The summed E-state index contributed by atoms with van der Waals surface area (Å²) in [5, 5.41) is 9.38. The Labute approximate surface area is 169 Å². The number of fused-ring (bicyclic) bond motifs is 1. The summed E-state index contributed by atoms with van der Waals surface area (Å²) in [4.78, 5) is 15.5. The third-order valence-electron chi connectivity index (χ3n) is 5.49. The van der Waals surface area contributed by atoms with Gasteiger partial charge in [0.05, 0.1) is 19.3 Å². The number of hydrogen-bond donors (Lipinski definition) is 1. The zero-order valence-electron chi connectivity index (χ0n) is 16.3. The lowest BCUT2D eigenvalue weighted by molar-refractivity contribution is 0.0695. The Morgan fingerprint density at radius 3 is 2.93 bits per heavy atom. The van der Waals surface area contributed by atoms with Gasteiger partial charge in [-0.3, -0.25) is 4.98 Å². The summed E-state index contributed by atoms with van der Waals surface area (Å²) >= 11 is 0. The van der Waals surface area contributed by atoms with Crippen LogP contribution in [0.5, 0.6) is 11.5 Å². The molecule has 1 aliphatic heterocycles. The lowest BCUT2D eigenvalue weighted by Gasteiger charge is -2.27. The third-order valence-corrected chi connectivity index (χ3v) is 5.49. The summed E-state index contributed by atoms with van der Waals surface area (Å²) in [6, 6.07) is 15.8. The van der Waals surface area contributed by atoms with Gasteiger partial charge in [0.15, 0.2) is 0 Å². The summed E-state index contributed by atoms with van der Waals surface area (Å²) in [5.74, 6) is 1.15. The number of carbonyl (C=O) groups is 1. The molecule has 4 rings (SSSR count). The van der Waals surface area contributed by atoms with Gasteiger partial charge in [0.2, 0.25) is 0 Å². The number of rotatable bonds is 6. The highest BCUT2D eigenvalue weighted by Gasteiger charge is 2.23. The first-order valence-electron chi connectivity index (χ1n) is 9.73. The molecular weight excluding hydrogens is 366 g/mol. The third kappa shape index (κ3) is 3.94. The fourth-order valence-electron chi connectivity index (χ4n) is 3.98. The van der Waals surface area contributed by atoms with Crippen LogP contribution in [0.15, 0.2) is 60.9 Å². The zero-order valence-corrected chi connectivity index (χ0v) is 16.3. The Bertz CT molecular complexity index is 1030. The number of pyridine rings is 1. The summed E-state index contributed by atoms with van der Waals surface area (Å²) in [5.41, 5.74) is 4.38. The maximum absolute atomic E-state index is 11.4. The first-order chi connectivity index (χ1) is 14.2. The Morgan fingerprint density at radius 1 is 1.24 bits per heavy atom. The number of hydrogen-bond acceptors (Lipinski definition) is 4. The molecule has 5 nitrogen and oxygen atoms in total. The fraction of sp³-hybridized carbons (Fsp3) is 0.250. The summed E-state index contributed by atoms with van der Waals surface area (Å²) < 4.78 is 11.4. The largest absolute Gasteiger partial charge is 0.496 e. The van der Waals surface area contributed by atoms with E-state index in [2.05, 4.69) is 23.2 Å². The summed E-state index contributed by atoms with van der Waals surface area (Å²) in [6.07, 6.45) is 5.64. The van der Waals surface area contributed by atoms with E-state index in [9.17, 15) is 9.90 Å². The van der Waals surface area contributed by atoms with Gasteiger partial charge in [0.1, 0.15) is 11.5 Å². The van der Waals surface area contributed by atoms with Crippen LogP contribution in [0, 0.1) is 0 Å². The number of ether oxygens (including phenoxy) is 2. The number of benzene rings is 2. The highest BCUT2D eigenvalue weighted by molar-refractivity contribution is 5.89. The minimum Gasteiger partial charge on any atom is -0.496 e. The van der Waals surface area contributed by atoms with E-state index >= 15 is 0 Å². The molecule has 0 bridgehead atoms. The lowest BCUT2D eigenvalue weighted by Crippen LogP contribution is -2.15. The van der Waals surface area contributed by atoms with Crippen molar-refractivity contribution in [2.24, 2.45) is 0 Å². The van der Waals surface area contributed by atoms with Crippen LogP contribution in [-0.2, 0) is 6.42 Å². The molecule has 2 heterocycles. The van der Waals surface area contributed by atoms with E-state index in [0.717, 1.165) is 41.0 Å². The highest BCUT2D eigenvalue weighted by atomic mass is 16.5. The number of aryl methyl sites for hydroxylation is 1. The van der Waals surface area contributed by atoms with Crippen molar-refractivity contribution in [3.05, 3.63) is 77.6 Å². The fourth-order valence-corrected chi connectivity index (χ4v) is 3.98. The molecule has 1 aromatic heterocycles. The van der Waals surface area contributed by atoms with Crippen LogP contribution in [0.1, 0.15) is 40.2 Å². The van der Waals surface area contributed by atoms with E-state index in [1.807, 2.05) is 24.3 Å². The molecule has 0 saturated carbocycles. The van der Waals surface area contributed by atoms with Gasteiger partial charge in [0, 0.05) is 18.0 Å². The molecule has 1 N–H and O–H groups in total. The van der Waals surface area contributed by atoms with Gasteiger partial charge in [0.25, 0.3) is 0 Å². The number of aromatic carboxylic acids is 1. The Balaban J connectivity index is 1.57. The molecule has 0 amide bonds. The predicted molar refractivity (Wildman–Crippen MR) is 111 cm³/mol. The van der Waals surface area contributed by atoms with Crippen molar-refractivity contribution >= 4 is 5.97 Å². The molecule has 0 fully saturated rings. The first kappa shape index (κ1) is 19.0. The zero-order chi connectivity index (χ0) is 20.2. The molecule has 0 saturated heterocycles. The molecule has 0 aliphatic carbocycles. The first-order valence-corrected chi connectivity index (χ1v) is 9.73. The Morgan fingerprint density at radius 2 is 2.10 bits per heavy atom. The number of methoxy groups -OCH3 is 1. The molecule has 0 spiro atoms. The van der Waals surface area contributed by atoms with Crippen LogP contribution in [0.2, 0.25) is 0 Å². The molecule has 1 unspecified atom stereocenters. The second kappa shape index (κ2) is 8.35. The maximum Gasteiger partial charge on any atom is 0.336 e. The number of carboxylic acid groups (broad SMARTS) is 1. The minimum absolute atomic E-state index is 0.326. The quantitative estimate of drug-likeness (QED) is 0.646. The number of carboxylic acids is 1. The van der Waals surface area contributed by atoms with Crippen LogP contribution < -0.4 is 9.47 Å². The van der Waals surface area contributed by atoms with E-state index in [1.54, 1.807) is 19.4 Å². The van der Waals surface area contributed by atoms with Crippen molar-refractivity contribution in [1.29, 1.82) is 0 Å². The van der Waals surface area contributed by atoms with E-state index < -0.39 is 5.97 Å². The molecule has 3 aromatic rings. The van der Waals surface area contributed by atoms with Crippen LogP contribution in [0.4, 0.5) is 0 Å². The normalized spacial score (nSPS) is 15.3. The lowest BCUT2D eigenvalue weighted by atomic mass is 9.86. The molecule has 2 aromatic carbocycles. The Hall–Kier alpha value is -3.34. The second-order valence-electron chi connectivity index (χ2n) is 7.16. The molecule has 148 valence electrons. The highest BCUT2D eigenvalue weighted by Crippen LogP contribution is 2.40. The topological polar surface area (TPSA) is 68.7 Å². The van der Waals surface area contributed by atoms with E-state index in [0.29, 0.717) is 24.5 Å². The van der Waals surface area contributed by atoms with E-state index in [4.69, 9.17) is 9.47 Å². The molecule has 5 heteroatoms. The smallest absolute Gasteiger partial charge is 0.336 e. The van der Waals surface area contributed by atoms with Crippen LogP contribution in [0.3, 0.4) is 0 Å². The van der Waals surface area contributed by atoms with Crippen molar-refractivity contribution in [3.63, 3.8) is 0 Å². The van der Waals surface area contributed by atoms with Crippen molar-refractivity contribution in [2.45, 2.75) is 25.2 Å². The molecule has 29 heavy (non-hydrogen) atoms. The predicted octanol–water partition coefficient (Wildman–Crippen LogP) is 4.95. The molecule has 1 aliphatic rings. The average Bonchev–Trinajstić information content (AvgIpc) is 2.77. The summed E-state index contributed by atoms with van der Waals surface area (Å²) in [7, 11) is 1.67. The second-order valence-corrected chi connectivity index (χ2v) is 7.16. The molecule has 0 radical (unpaired) electrons. The summed E-state index contributed by atoms with van der Waals surface area (Å²) in [6.45, 7) is 0.659. The van der Waals surface area contributed by atoms with Crippen molar-refractivity contribution in [2.75, 3.05) is 13.7 Å². The van der Waals surface area contributed by atoms with Gasteiger partial charge in [-0.2, -0.15) is 0 Å².